The number of halogens is 1. The van der Waals surface area contributed by atoms with E-state index in [0.717, 1.165) is 12.1 Å². The van der Waals surface area contributed by atoms with Crippen molar-refractivity contribution in [3.8, 4) is 22.8 Å². The van der Waals surface area contributed by atoms with E-state index < -0.39 is 23.3 Å². The molecule has 0 aliphatic heterocycles. The van der Waals surface area contributed by atoms with Crippen molar-refractivity contribution in [2.45, 2.75) is 0 Å². The summed E-state index contributed by atoms with van der Waals surface area (Å²) in [5.74, 6) is -2.98. The molecular formula is C11H8FNO5. The van der Waals surface area contributed by atoms with Crippen molar-refractivity contribution in [1.29, 1.82) is 0 Å². The second kappa shape index (κ2) is 4.36. The number of aromatic nitrogens is 1. The van der Waals surface area contributed by atoms with Crippen LogP contribution in [-0.4, -0.2) is 28.4 Å². The first-order valence-corrected chi connectivity index (χ1v) is 4.80. The Labute approximate surface area is 100 Å². The van der Waals surface area contributed by atoms with Gasteiger partial charge in [0.05, 0.1) is 12.7 Å². The number of aromatic carboxylic acids is 1. The summed E-state index contributed by atoms with van der Waals surface area (Å²) in [4.78, 5) is 10.6. The molecule has 0 fully saturated rings. The van der Waals surface area contributed by atoms with Crippen LogP contribution in [0.15, 0.2) is 22.7 Å². The first kappa shape index (κ1) is 11.9. The van der Waals surface area contributed by atoms with Gasteiger partial charge in [0, 0.05) is 6.07 Å². The smallest absolute Gasteiger partial charge is 0.374 e. The summed E-state index contributed by atoms with van der Waals surface area (Å²) in [5.41, 5.74) is -0.396. The van der Waals surface area contributed by atoms with Gasteiger partial charge >= 0.3 is 5.97 Å². The van der Waals surface area contributed by atoms with Crippen LogP contribution in [0.5, 0.6) is 11.5 Å². The number of ether oxygens (including phenoxy) is 1. The lowest BCUT2D eigenvalue weighted by Crippen LogP contribution is -1.92. The molecule has 0 radical (unpaired) electrons. The zero-order chi connectivity index (χ0) is 13.3. The topological polar surface area (TPSA) is 92.8 Å². The van der Waals surface area contributed by atoms with Gasteiger partial charge in [-0.15, -0.1) is 0 Å². The number of phenols is 1. The van der Waals surface area contributed by atoms with Gasteiger partial charge in [-0.2, -0.15) is 0 Å². The number of methoxy groups -OCH3 is 1. The molecule has 0 saturated carbocycles. The minimum absolute atomic E-state index is 0.0475. The van der Waals surface area contributed by atoms with Crippen LogP contribution in [0.3, 0.4) is 0 Å². The first-order valence-electron chi connectivity index (χ1n) is 4.80. The maximum atomic E-state index is 13.6. The van der Waals surface area contributed by atoms with Gasteiger partial charge < -0.3 is 19.5 Å². The third-order valence-corrected chi connectivity index (χ3v) is 2.29. The van der Waals surface area contributed by atoms with E-state index in [-0.39, 0.29) is 17.0 Å². The molecule has 0 aliphatic rings. The Hall–Kier alpha value is -2.57. The summed E-state index contributed by atoms with van der Waals surface area (Å²) in [6, 6.07) is 3.33. The lowest BCUT2D eigenvalue weighted by Gasteiger charge is -2.07. The van der Waals surface area contributed by atoms with Gasteiger partial charge in [0.25, 0.3) is 0 Å². The predicted molar refractivity (Wildman–Crippen MR) is 57.1 cm³/mol. The fraction of sp³-hybridized carbons (Fsp3) is 0.0909. The number of phenolic OH excluding ortho intramolecular Hbond substituents is 1. The van der Waals surface area contributed by atoms with E-state index in [2.05, 4.69) is 9.68 Å². The Bertz CT molecular complexity index is 607. The molecule has 1 heterocycles. The second-order valence-corrected chi connectivity index (χ2v) is 3.35. The van der Waals surface area contributed by atoms with Crippen molar-refractivity contribution in [1.82, 2.24) is 5.16 Å². The normalized spacial score (nSPS) is 10.3. The summed E-state index contributed by atoms with van der Waals surface area (Å²) >= 11 is 0. The predicted octanol–water partition coefficient (Wildman–Crippen LogP) is 1.89. The molecule has 0 aliphatic carbocycles. The Morgan fingerprint density at radius 1 is 1.50 bits per heavy atom. The fourth-order valence-electron chi connectivity index (χ4n) is 1.45. The van der Waals surface area contributed by atoms with Crippen molar-refractivity contribution in [2.75, 3.05) is 7.11 Å². The monoisotopic (exact) mass is 253 g/mol. The van der Waals surface area contributed by atoms with Gasteiger partial charge in [-0.1, -0.05) is 5.16 Å². The van der Waals surface area contributed by atoms with Crippen LogP contribution < -0.4 is 4.74 Å². The van der Waals surface area contributed by atoms with Crippen LogP contribution >= 0.6 is 0 Å². The molecule has 2 aromatic rings. The van der Waals surface area contributed by atoms with Crippen LogP contribution in [0.2, 0.25) is 0 Å². The first-order chi connectivity index (χ1) is 8.54. The van der Waals surface area contributed by atoms with Crippen molar-refractivity contribution in [3.05, 3.63) is 29.8 Å². The fourth-order valence-corrected chi connectivity index (χ4v) is 1.45. The molecule has 1 aromatic heterocycles. The molecule has 0 spiro atoms. The Morgan fingerprint density at radius 2 is 2.22 bits per heavy atom. The zero-order valence-electron chi connectivity index (χ0n) is 9.18. The number of carboxylic acids is 1. The Balaban J connectivity index is 2.58. The van der Waals surface area contributed by atoms with Gasteiger partial charge in [-0.05, 0) is 12.1 Å². The molecule has 18 heavy (non-hydrogen) atoms. The lowest BCUT2D eigenvalue weighted by molar-refractivity contribution is 0.0652. The number of carboxylic acid groups (broad SMARTS) is 1. The summed E-state index contributed by atoms with van der Waals surface area (Å²) in [6.07, 6.45) is 0. The number of rotatable bonds is 3. The van der Waals surface area contributed by atoms with E-state index in [4.69, 9.17) is 9.84 Å². The highest BCUT2D eigenvalue weighted by Crippen LogP contribution is 2.38. The van der Waals surface area contributed by atoms with E-state index in [9.17, 15) is 14.3 Å². The van der Waals surface area contributed by atoms with E-state index in [1.807, 2.05) is 0 Å². The molecule has 2 rings (SSSR count). The van der Waals surface area contributed by atoms with Crippen molar-refractivity contribution < 1.29 is 28.7 Å². The number of aromatic hydroxyl groups is 1. The van der Waals surface area contributed by atoms with Crippen LogP contribution in [0.4, 0.5) is 4.39 Å². The number of benzene rings is 1. The van der Waals surface area contributed by atoms with E-state index in [1.54, 1.807) is 0 Å². The molecular weight excluding hydrogens is 245 g/mol. The van der Waals surface area contributed by atoms with E-state index in [1.165, 1.54) is 13.2 Å². The molecule has 0 amide bonds. The highest BCUT2D eigenvalue weighted by atomic mass is 19.1. The minimum Gasteiger partial charge on any atom is -0.504 e. The summed E-state index contributed by atoms with van der Waals surface area (Å²) in [7, 11) is 1.31. The summed E-state index contributed by atoms with van der Waals surface area (Å²) in [6.45, 7) is 0. The van der Waals surface area contributed by atoms with E-state index in [0.29, 0.717) is 0 Å². The maximum Gasteiger partial charge on any atom is 0.374 e. The van der Waals surface area contributed by atoms with Gasteiger partial charge in [0.2, 0.25) is 5.76 Å². The van der Waals surface area contributed by atoms with Crippen LogP contribution in [-0.2, 0) is 0 Å². The van der Waals surface area contributed by atoms with E-state index >= 15 is 0 Å². The molecule has 0 unspecified atom stereocenters. The molecule has 2 N–H and O–H groups in total. The summed E-state index contributed by atoms with van der Waals surface area (Å²) < 4.78 is 22.9. The van der Waals surface area contributed by atoms with Gasteiger partial charge in [-0.3, -0.25) is 0 Å². The number of nitrogens with zero attached hydrogens (tertiary/aromatic N) is 1. The zero-order valence-corrected chi connectivity index (χ0v) is 9.18. The molecule has 1 aromatic carbocycles. The average molecular weight is 253 g/mol. The number of carbonyl (C=O) groups is 1. The van der Waals surface area contributed by atoms with Gasteiger partial charge in [0.1, 0.15) is 11.5 Å². The van der Waals surface area contributed by atoms with Crippen LogP contribution in [0.1, 0.15) is 10.6 Å². The van der Waals surface area contributed by atoms with Crippen molar-refractivity contribution >= 4 is 5.97 Å². The maximum absolute atomic E-state index is 13.6. The highest BCUT2D eigenvalue weighted by molar-refractivity contribution is 5.86. The number of hydrogen-bond acceptors (Lipinski definition) is 5. The third-order valence-electron chi connectivity index (χ3n) is 2.29. The average Bonchev–Trinajstić information content (AvgIpc) is 2.79. The third kappa shape index (κ3) is 1.86. The molecule has 0 saturated heterocycles. The second-order valence-electron chi connectivity index (χ2n) is 3.35. The van der Waals surface area contributed by atoms with Gasteiger partial charge in [0.15, 0.2) is 11.5 Å². The molecule has 6 nitrogen and oxygen atoms in total. The largest absolute Gasteiger partial charge is 0.504 e. The van der Waals surface area contributed by atoms with Gasteiger partial charge in [-0.25, -0.2) is 9.18 Å². The highest BCUT2D eigenvalue weighted by Gasteiger charge is 2.20. The minimum atomic E-state index is -1.34. The lowest BCUT2D eigenvalue weighted by atomic mass is 10.1. The molecule has 0 atom stereocenters. The Morgan fingerprint density at radius 3 is 2.78 bits per heavy atom. The van der Waals surface area contributed by atoms with Crippen LogP contribution in [0, 0.1) is 5.82 Å². The number of hydrogen-bond donors (Lipinski definition) is 2. The molecule has 7 heteroatoms. The SMILES string of the molecule is COc1ccc(F)c(-c2cc(C(=O)O)on2)c1O. The quantitative estimate of drug-likeness (QED) is 0.867. The summed E-state index contributed by atoms with van der Waals surface area (Å²) in [5, 5.41) is 21.8. The van der Waals surface area contributed by atoms with Crippen molar-refractivity contribution in [2.24, 2.45) is 0 Å². The Kier molecular flexibility index (Phi) is 2.88. The standard InChI is InChI=1S/C11H8FNO5/c1-17-7-3-2-5(12)9(10(7)14)6-4-8(11(15)16)18-13-6/h2-4,14H,1H3,(H,15,16). The van der Waals surface area contributed by atoms with Crippen LogP contribution in [0.25, 0.3) is 11.3 Å². The van der Waals surface area contributed by atoms with Crippen molar-refractivity contribution in [3.63, 3.8) is 0 Å². The molecule has 0 bridgehead atoms. The molecule has 94 valence electrons.